The van der Waals surface area contributed by atoms with Gasteiger partial charge in [0.15, 0.2) is 0 Å². The molecule has 32 heavy (non-hydrogen) atoms. The van der Waals surface area contributed by atoms with Crippen LogP contribution in [0.3, 0.4) is 0 Å². The maximum atomic E-state index is 13.6. The molecule has 0 aromatic carbocycles. The maximum absolute atomic E-state index is 13.6. The number of fused-ring (bicyclic) bond motifs is 1. The molecule has 176 valence electrons. The second-order valence-corrected chi connectivity index (χ2v) is 12.0. The van der Waals surface area contributed by atoms with E-state index < -0.39 is 16.8 Å². The Balaban J connectivity index is 1.65. The normalized spacial score (nSPS) is 47.2. The third kappa shape index (κ3) is 2.48. The summed E-state index contributed by atoms with van der Waals surface area (Å²) in [5.41, 5.74) is -0.129. The van der Waals surface area contributed by atoms with E-state index in [0.29, 0.717) is 12.3 Å². The van der Waals surface area contributed by atoms with Crippen LogP contribution in [0.25, 0.3) is 0 Å². The molecule has 0 radical (unpaired) electrons. The Morgan fingerprint density at radius 3 is 2.53 bits per heavy atom. The predicted molar refractivity (Wildman–Crippen MR) is 116 cm³/mol. The monoisotopic (exact) mass is 442 g/mol. The molecule has 6 heteroatoms. The number of aliphatic hydroxyl groups excluding tert-OH is 1. The largest absolute Gasteiger partial charge is 0.550 e. The molecule has 6 rings (SSSR count). The molecular weight excluding hydrogens is 406 g/mol. The average molecular weight is 443 g/mol. The van der Waals surface area contributed by atoms with E-state index in [-0.39, 0.29) is 60.0 Å². The highest BCUT2D eigenvalue weighted by atomic mass is 16.4. The number of imide groups is 1. The predicted octanol–water partition coefficient (Wildman–Crippen LogP) is 2.15. The molecule has 2 amide bonds. The van der Waals surface area contributed by atoms with E-state index in [9.17, 15) is 24.6 Å². The molecular formula is C26H36NO5-. The van der Waals surface area contributed by atoms with Crippen molar-refractivity contribution in [3.8, 4) is 0 Å². The van der Waals surface area contributed by atoms with Crippen LogP contribution >= 0.6 is 0 Å². The second kappa shape index (κ2) is 6.91. The van der Waals surface area contributed by atoms with Gasteiger partial charge in [0.25, 0.3) is 0 Å². The summed E-state index contributed by atoms with van der Waals surface area (Å²) in [6, 6.07) is 0. The highest BCUT2D eigenvalue weighted by Gasteiger charge is 2.72. The summed E-state index contributed by atoms with van der Waals surface area (Å²) in [4.78, 5) is 40.6. The summed E-state index contributed by atoms with van der Waals surface area (Å²) in [7, 11) is 0. The molecule has 3 saturated carbocycles. The Morgan fingerprint density at radius 2 is 1.91 bits per heavy atom. The summed E-state index contributed by atoms with van der Waals surface area (Å²) in [5, 5.41) is 21.8. The molecule has 1 aliphatic heterocycles. The minimum absolute atomic E-state index is 0.0266. The third-order valence-corrected chi connectivity index (χ3v) is 10.6. The number of hydrogen-bond acceptors (Lipinski definition) is 5. The summed E-state index contributed by atoms with van der Waals surface area (Å²) in [5.74, 6) is -1.33. The zero-order valence-electron chi connectivity index (χ0n) is 19.7. The molecule has 0 aromatic rings. The Labute approximate surface area is 190 Å². The molecule has 4 fully saturated rings. The van der Waals surface area contributed by atoms with Gasteiger partial charge in [-0.2, -0.15) is 0 Å². The number of nitrogens with zero attached hydrogens (tertiary/aromatic N) is 1. The molecule has 0 aromatic heterocycles. The number of aliphatic hydroxyl groups is 1. The van der Waals surface area contributed by atoms with Crippen LogP contribution in [0, 0.1) is 51.8 Å². The molecule has 0 unspecified atom stereocenters. The van der Waals surface area contributed by atoms with Crippen LogP contribution in [-0.4, -0.2) is 40.9 Å². The molecule has 8 atom stereocenters. The van der Waals surface area contributed by atoms with Crippen molar-refractivity contribution in [3.63, 3.8) is 0 Å². The number of carboxylic acid groups (broad SMARTS) is 1. The van der Waals surface area contributed by atoms with Gasteiger partial charge >= 0.3 is 0 Å². The van der Waals surface area contributed by atoms with Crippen molar-refractivity contribution in [2.75, 3.05) is 13.2 Å². The number of likely N-dealkylation sites (tertiary alicyclic amines) is 1. The Hall–Kier alpha value is -1.69. The lowest BCUT2D eigenvalue weighted by molar-refractivity contribution is -0.328. The van der Waals surface area contributed by atoms with Crippen molar-refractivity contribution in [1.29, 1.82) is 0 Å². The highest BCUT2D eigenvalue weighted by Crippen LogP contribution is 2.74. The lowest BCUT2D eigenvalue weighted by atomic mass is 9.34. The number of rotatable bonds is 4. The van der Waals surface area contributed by atoms with E-state index in [4.69, 9.17) is 0 Å². The minimum Gasteiger partial charge on any atom is -0.550 e. The van der Waals surface area contributed by atoms with Gasteiger partial charge in [-0.05, 0) is 61.2 Å². The van der Waals surface area contributed by atoms with Crippen molar-refractivity contribution in [3.05, 3.63) is 11.6 Å². The fourth-order valence-corrected chi connectivity index (χ4v) is 9.33. The molecule has 6 aliphatic rings. The fourth-order valence-electron chi connectivity index (χ4n) is 9.33. The van der Waals surface area contributed by atoms with E-state index in [1.807, 2.05) is 6.92 Å². The zero-order valence-corrected chi connectivity index (χ0v) is 19.7. The van der Waals surface area contributed by atoms with Crippen LogP contribution in [0.2, 0.25) is 0 Å². The van der Waals surface area contributed by atoms with Crippen molar-refractivity contribution in [2.24, 2.45) is 51.8 Å². The molecule has 1 spiro atoms. The quantitative estimate of drug-likeness (QED) is 0.531. The van der Waals surface area contributed by atoms with Gasteiger partial charge < -0.3 is 15.0 Å². The molecule has 6 nitrogen and oxygen atoms in total. The van der Waals surface area contributed by atoms with Crippen LogP contribution in [0.15, 0.2) is 11.6 Å². The van der Waals surface area contributed by atoms with Crippen LogP contribution in [0.4, 0.5) is 0 Å². The maximum Gasteiger partial charge on any atom is 0.234 e. The number of carboxylic acids is 1. The van der Waals surface area contributed by atoms with Crippen LogP contribution in [-0.2, 0) is 14.4 Å². The van der Waals surface area contributed by atoms with Crippen molar-refractivity contribution in [2.45, 2.75) is 66.2 Å². The van der Waals surface area contributed by atoms with Crippen molar-refractivity contribution >= 4 is 17.8 Å². The summed E-state index contributed by atoms with van der Waals surface area (Å²) < 4.78 is 0. The second-order valence-electron chi connectivity index (χ2n) is 12.0. The number of allylic oxidation sites excluding steroid dienone is 2. The standard InChI is InChI=1S/C26H37NO5/c1-14(2)16-13-26-9-6-17-24(3,7-5-8-25(17,4)23(31)32)18(26)12-15(16)19-20(26)22(30)27(10-11-28)21(19)29/h13-15,17-20,28H,5-12H2,1-4H3,(H,31,32)/p-1/t15-,17-,18-,19+,20+,24-,25+,26-/m0/s1. The fraction of sp³-hybridized carbons (Fsp3) is 0.808. The Morgan fingerprint density at radius 1 is 1.19 bits per heavy atom. The van der Waals surface area contributed by atoms with E-state index in [0.717, 1.165) is 32.1 Å². The van der Waals surface area contributed by atoms with E-state index in [1.54, 1.807) is 0 Å². The van der Waals surface area contributed by atoms with Gasteiger partial charge in [0.1, 0.15) is 0 Å². The minimum atomic E-state index is -0.942. The number of carbonyl (C=O) groups is 3. The SMILES string of the molecule is CC(C)C1=C[C@@]23CC[C@H]4[C@](C)(CCC[C@@]4(C)C(=O)[O-])[C@@H]2C[C@@H]1[C@H]1C(=O)N(CCO)C(=O)[C@@H]13. The molecule has 2 bridgehead atoms. The van der Waals surface area contributed by atoms with E-state index >= 15 is 0 Å². The average Bonchev–Trinajstić information content (AvgIpc) is 3.00. The Kier molecular flexibility index (Phi) is 4.78. The first-order chi connectivity index (χ1) is 15.0. The van der Waals surface area contributed by atoms with Crippen LogP contribution in [0.1, 0.15) is 66.2 Å². The zero-order chi connectivity index (χ0) is 23.2. The first kappa shape index (κ1) is 22.1. The third-order valence-electron chi connectivity index (χ3n) is 10.6. The van der Waals surface area contributed by atoms with Gasteiger partial charge in [-0.25, -0.2) is 0 Å². The number of β-amino-alcohol motifs (C(OH)–C–C–N with tert-alkyl or cyclic N) is 1. The number of amides is 2. The summed E-state index contributed by atoms with van der Waals surface area (Å²) in [6.07, 6.45) is 7.19. The van der Waals surface area contributed by atoms with Gasteiger partial charge in [-0.15, -0.1) is 0 Å². The highest BCUT2D eigenvalue weighted by molar-refractivity contribution is 6.06. The number of aliphatic carboxylic acids is 1. The van der Waals surface area contributed by atoms with Crippen LogP contribution in [0.5, 0.6) is 0 Å². The molecule has 1 N–H and O–H groups in total. The summed E-state index contributed by atoms with van der Waals surface area (Å²) in [6.45, 7) is 8.32. The topological polar surface area (TPSA) is 97.7 Å². The van der Waals surface area contributed by atoms with Gasteiger partial charge in [0.05, 0.1) is 25.0 Å². The lowest BCUT2D eigenvalue weighted by Crippen LogP contribution is -2.66. The smallest absolute Gasteiger partial charge is 0.234 e. The van der Waals surface area contributed by atoms with Crippen molar-refractivity contribution < 1.29 is 24.6 Å². The molecule has 1 saturated heterocycles. The van der Waals surface area contributed by atoms with E-state index in [1.165, 1.54) is 10.5 Å². The van der Waals surface area contributed by atoms with Gasteiger partial charge in [-0.3, -0.25) is 14.5 Å². The lowest BCUT2D eigenvalue weighted by Gasteiger charge is -2.69. The van der Waals surface area contributed by atoms with Gasteiger partial charge in [0.2, 0.25) is 11.8 Å². The van der Waals surface area contributed by atoms with Crippen LogP contribution < -0.4 is 5.11 Å². The molecule has 5 aliphatic carbocycles. The molecule has 1 heterocycles. The number of carbonyl (C=O) groups excluding carboxylic acids is 3. The number of hydrogen-bond donors (Lipinski definition) is 1. The van der Waals surface area contributed by atoms with E-state index in [2.05, 4.69) is 26.8 Å². The van der Waals surface area contributed by atoms with Crippen molar-refractivity contribution in [1.82, 2.24) is 4.90 Å². The first-order valence-electron chi connectivity index (χ1n) is 12.4. The van der Waals surface area contributed by atoms with Gasteiger partial charge in [0, 0.05) is 16.8 Å². The first-order valence-corrected chi connectivity index (χ1v) is 12.4. The Bertz CT molecular complexity index is 910. The summed E-state index contributed by atoms with van der Waals surface area (Å²) >= 11 is 0. The van der Waals surface area contributed by atoms with Gasteiger partial charge in [-0.1, -0.05) is 45.8 Å².